The number of anilines is 1. The molecule has 0 saturated carbocycles. The zero-order valence-corrected chi connectivity index (χ0v) is 19.0. The molecular formula is C26H18ClFN4O3. The van der Waals surface area contributed by atoms with E-state index in [0.717, 1.165) is 5.52 Å². The second kappa shape index (κ2) is 9.15. The fraction of sp³-hybridized carbons (Fsp3) is 0.0769. The summed E-state index contributed by atoms with van der Waals surface area (Å²) in [4.78, 5) is 42.5. The van der Waals surface area contributed by atoms with Crippen LogP contribution in [0, 0.1) is 5.82 Å². The van der Waals surface area contributed by atoms with E-state index in [0.29, 0.717) is 27.8 Å². The Morgan fingerprint density at radius 2 is 1.80 bits per heavy atom. The van der Waals surface area contributed by atoms with Crippen LogP contribution < -0.4 is 10.9 Å². The third-order valence-electron chi connectivity index (χ3n) is 5.68. The van der Waals surface area contributed by atoms with Gasteiger partial charge in [-0.3, -0.25) is 23.4 Å². The molecule has 0 spiro atoms. The fourth-order valence-electron chi connectivity index (χ4n) is 3.95. The average Bonchev–Trinajstić information content (AvgIpc) is 3.34. The molecule has 1 amide bonds. The molecule has 0 unspecified atom stereocenters. The summed E-state index contributed by atoms with van der Waals surface area (Å²) >= 11 is 5.76. The lowest BCUT2D eigenvalue weighted by Gasteiger charge is -2.11. The summed E-state index contributed by atoms with van der Waals surface area (Å²) in [7, 11) is 0. The molecular weight excluding hydrogens is 471 g/mol. The van der Waals surface area contributed by atoms with Crippen molar-refractivity contribution in [2.24, 2.45) is 0 Å². The van der Waals surface area contributed by atoms with Crippen molar-refractivity contribution in [1.82, 2.24) is 14.0 Å². The van der Waals surface area contributed by atoms with Crippen molar-refractivity contribution in [2.75, 3.05) is 5.32 Å². The Hall–Kier alpha value is -4.30. The minimum absolute atomic E-state index is 0.0207. The molecule has 5 aromatic rings. The molecule has 2 heterocycles. The first-order valence-electron chi connectivity index (χ1n) is 10.7. The summed E-state index contributed by atoms with van der Waals surface area (Å²) in [5.41, 5.74) is 2.44. The van der Waals surface area contributed by atoms with Crippen molar-refractivity contribution >= 4 is 45.5 Å². The number of nitrogens with zero attached hydrogens (tertiary/aromatic N) is 3. The number of rotatable bonds is 6. The maximum absolute atomic E-state index is 13.3. The quantitative estimate of drug-likeness (QED) is 0.356. The molecule has 9 heteroatoms. The van der Waals surface area contributed by atoms with Gasteiger partial charge in [0.25, 0.3) is 5.56 Å². The van der Waals surface area contributed by atoms with Crippen molar-refractivity contribution in [3.8, 4) is 0 Å². The van der Waals surface area contributed by atoms with Crippen LogP contribution in [0.2, 0.25) is 5.02 Å². The Kier molecular flexibility index (Phi) is 5.88. The van der Waals surface area contributed by atoms with Crippen molar-refractivity contribution < 1.29 is 14.0 Å². The number of hydrogen-bond acceptors (Lipinski definition) is 4. The number of fused-ring (bicyclic) bond motifs is 3. The van der Waals surface area contributed by atoms with Crippen LogP contribution in [0.5, 0.6) is 0 Å². The van der Waals surface area contributed by atoms with Gasteiger partial charge in [0.15, 0.2) is 5.78 Å². The number of carbonyl (C=O) groups excluding carboxylic acids is 2. The van der Waals surface area contributed by atoms with Gasteiger partial charge in [-0.2, -0.15) is 0 Å². The van der Waals surface area contributed by atoms with Crippen molar-refractivity contribution in [1.29, 1.82) is 0 Å². The molecule has 0 fully saturated rings. The number of ketones is 1. The van der Waals surface area contributed by atoms with Crippen LogP contribution in [-0.2, 0) is 17.8 Å². The Morgan fingerprint density at radius 1 is 1.03 bits per heavy atom. The number of Topliss-reactive ketones (excluding diaryl/α,β-unsaturated/α-hetero) is 1. The molecule has 174 valence electrons. The van der Waals surface area contributed by atoms with E-state index >= 15 is 0 Å². The van der Waals surface area contributed by atoms with Gasteiger partial charge in [-0.1, -0.05) is 29.8 Å². The van der Waals surface area contributed by atoms with Gasteiger partial charge in [-0.05, 0) is 54.1 Å². The topological polar surface area (TPSA) is 85.5 Å². The lowest BCUT2D eigenvalue weighted by atomic mass is 10.1. The second-order valence-electron chi connectivity index (χ2n) is 8.00. The number of halogens is 2. The normalized spacial score (nSPS) is 11.1. The first kappa shape index (κ1) is 22.5. The summed E-state index contributed by atoms with van der Waals surface area (Å²) < 4.78 is 16.5. The highest BCUT2D eigenvalue weighted by atomic mass is 35.5. The van der Waals surface area contributed by atoms with Crippen LogP contribution in [0.4, 0.5) is 10.1 Å². The molecule has 2 aromatic heterocycles. The Bertz CT molecular complexity index is 1660. The van der Waals surface area contributed by atoms with Gasteiger partial charge in [0.05, 0.1) is 35.1 Å². The molecule has 0 aliphatic heterocycles. The summed E-state index contributed by atoms with van der Waals surface area (Å²) in [6.07, 6.45) is 3.18. The molecule has 0 bridgehead atoms. The highest BCUT2D eigenvalue weighted by molar-refractivity contribution is 6.30. The minimum Gasteiger partial charge on any atom is -0.326 e. The van der Waals surface area contributed by atoms with Crippen molar-refractivity contribution in [3.63, 3.8) is 0 Å². The predicted molar refractivity (Wildman–Crippen MR) is 131 cm³/mol. The van der Waals surface area contributed by atoms with Crippen LogP contribution in [-0.4, -0.2) is 25.6 Å². The third-order valence-corrected chi connectivity index (χ3v) is 5.97. The summed E-state index contributed by atoms with van der Waals surface area (Å²) in [6, 6.07) is 17.7. The molecule has 5 rings (SSSR count). The van der Waals surface area contributed by atoms with Crippen LogP contribution in [0.1, 0.15) is 15.9 Å². The molecule has 0 radical (unpaired) electrons. The number of benzene rings is 3. The average molecular weight is 489 g/mol. The van der Waals surface area contributed by atoms with Crippen LogP contribution >= 0.6 is 11.6 Å². The summed E-state index contributed by atoms with van der Waals surface area (Å²) in [6.45, 7) is -0.157. The number of imidazole rings is 1. The second-order valence-corrected chi connectivity index (χ2v) is 8.41. The highest BCUT2D eigenvalue weighted by Gasteiger charge is 2.15. The zero-order chi connectivity index (χ0) is 24.5. The van der Waals surface area contributed by atoms with Gasteiger partial charge in [0.1, 0.15) is 17.8 Å². The molecule has 3 aromatic carbocycles. The van der Waals surface area contributed by atoms with E-state index in [9.17, 15) is 18.8 Å². The van der Waals surface area contributed by atoms with Crippen LogP contribution in [0.15, 0.2) is 84.0 Å². The molecule has 0 saturated heterocycles. The standard InChI is InChI=1S/C26H18ClFN4O3/c27-20-11-16(5-10-21(20)28)12-24(34)30-18-8-6-17(7-9-18)23(33)14-31-25-13-29-15-32(25)22-4-2-1-3-19(22)26(31)35/h1-11,13,15H,12,14H2,(H,30,34). The van der Waals surface area contributed by atoms with E-state index in [-0.39, 0.29) is 35.2 Å². The number of para-hydroxylation sites is 1. The third kappa shape index (κ3) is 4.43. The molecule has 0 atom stereocenters. The SMILES string of the molecule is O=C(Cc1ccc(F)c(Cl)c1)Nc1ccc(C(=O)Cn2c(=O)c3ccccc3n3cncc23)cc1. The van der Waals surface area contributed by atoms with Crippen LogP contribution in [0.25, 0.3) is 16.6 Å². The first-order valence-corrected chi connectivity index (χ1v) is 11.1. The van der Waals surface area contributed by atoms with E-state index in [1.807, 2.05) is 12.1 Å². The molecule has 7 nitrogen and oxygen atoms in total. The smallest absolute Gasteiger partial charge is 0.262 e. The number of nitrogens with one attached hydrogen (secondary N) is 1. The van der Waals surface area contributed by atoms with Crippen molar-refractivity contribution in [2.45, 2.75) is 13.0 Å². The van der Waals surface area contributed by atoms with Gasteiger partial charge in [0, 0.05) is 11.3 Å². The number of amides is 1. The maximum atomic E-state index is 13.3. The molecule has 35 heavy (non-hydrogen) atoms. The number of aromatic nitrogens is 3. The van der Waals surface area contributed by atoms with E-state index in [2.05, 4.69) is 10.3 Å². The minimum atomic E-state index is -0.545. The van der Waals surface area contributed by atoms with E-state index in [1.54, 1.807) is 53.3 Å². The van der Waals surface area contributed by atoms with Gasteiger partial charge in [-0.15, -0.1) is 0 Å². The van der Waals surface area contributed by atoms with Crippen molar-refractivity contribution in [3.05, 3.63) is 112 Å². The first-order chi connectivity index (χ1) is 16.9. The molecule has 1 N–H and O–H groups in total. The maximum Gasteiger partial charge on any atom is 0.262 e. The van der Waals surface area contributed by atoms with Gasteiger partial charge >= 0.3 is 0 Å². The lowest BCUT2D eigenvalue weighted by molar-refractivity contribution is -0.115. The Balaban J connectivity index is 1.32. The largest absolute Gasteiger partial charge is 0.326 e. The predicted octanol–water partition coefficient (Wildman–Crippen LogP) is 4.51. The van der Waals surface area contributed by atoms with Gasteiger partial charge in [-0.25, -0.2) is 9.37 Å². The molecule has 0 aliphatic carbocycles. The zero-order valence-electron chi connectivity index (χ0n) is 18.2. The van der Waals surface area contributed by atoms with Gasteiger partial charge < -0.3 is 5.32 Å². The van der Waals surface area contributed by atoms with E-state index < -0.39 is 5.82 Å². The number of carbonyl (C=O) groups is 2. The van der Waals surface area contributed by atoms with Gasteiger partial charge in [0.2, 0.25) is 5.91 Å². The monoisotopic (exact) mass is 488 g/mol. The Morgan fingerprint density at radius 3 is 2.57 bits per heavy atom. The molecule has 0 aliphatic rings. The Labute approximate surface area is 203 Å². The van der Waals surface area contributed by atoms with E-state index in [4.69, 9.17) is 11.6 Å². The number of hydrogen-bond donors (Lipinski definition) is 1. The van der Waals surface area contributed by atoms with Crippen LogP contribution in [0.3, 0.4) is 0 Å². The fourth-order valence-corrected chi connectivity index (χ4v) is 4.16. The summed E-state index contributed by atoms with van der Waals surface area (Å²) in [5.74, 6) is -1.11. The summed E-state index contributed by atoms with van der Waals surface area (Å²) in [5, 5.41) is 3.18. The highest BCUT2D eigenvalue weighted by Crippen LogP contribution is 2.18. The van der Waals surface area contributed by atoms with E-state index in [1.165, 1.54) is 22.8 Å². The lowest BCUT2D eigenvalue weighted by Crippen LogP contribution is -2.26.